The fourth-order valence-corrected chi connectivity index (χ4v) is 5.32. The molecule has 1 amide bonds. The normalized spacial score (nSPS) is 17.1. The monoisotopic (exact) mass is 556 g/mol. The molecular weight excluding hydrogens is 528 g/mol. The second-order valence-corrected chi connectivity index (χ2v) is 10.2. The summed E-state index contributed by atoms with van der Waals surface area (Å²) in [4.78, 5) is 30.5. The molecule has 0 spiro atoms. The van der Waals surface area contributed by atoms with Gasteiger partial charge in [-0.1, -0.05) is 23.7 Å². The number of ether oxygens (including phenoxy) is 2. The molecule has 2 aliphatic rings. The minimum absolute atomic E-state index is 0.0661. The molecule has 40 heavy (non-hydrogen) atoms. The largest absolute Gasteiger partial charge is 0.489 e. The zero-order chi connectivity index (χ0) is 27.5. The van der Waals surface area contributed by atoms with E-state index in [-0.39, 0.29) is 5.91 Å². The molecule has 1 N–H and O–H groups in total. The van der Waals surface area contributed by atoms with Crippen LogP contribution in [0.15, 0.2) is 73.2 Å². The van der Waals surface area contributed by atoms with Gasteiger partial charge in [0.15, 0.2) is 5.75 Å². The smallest absolute Gasteiger partial charge is 0.250 e. The van der Waals surface area contributed by atoms with E-state index in [4.69, 9.17) is 21.1 Å². The van der Waals surface area contributed by atoms with Crippen molar-refractivity contribution in [2.45, 2.75) is 25.5 Å². The highest BCUT2D eigenvalue weighted by atomic mass is 35.5. The Labute approximate surface area is 237 Å². The van der Waals surface area contributed by atoms with Gasteiger partial charge >= 0.3 is 0 Å². The fourth-order valence-electron chi connectivity index (χ4n) is 5.08. The third-order valence-corrected chi connectivity index (χ3v) is 7.48. The Morgan fingerprint density at radius 2 is 2.10 bits per heavy atom. The van der Waals surface area contributed by atoms with E-state index in [1.165, 1.54) is 6.33 Å². The van der Waals surface area contributed by atoms with Gasteiger partial charge in [0.25, 0.3) is 5.91 Å². The number of carbonyl (C=O) groups is 1. The van der Waals surface area contributed by atoms with E-state index in [0.717, 1.165) is 30.8 Å². The highest BCUT2D eigenvalue weighted by molar-refractivity contribution is 6.32. The van der Waals surface area contributed by atoms with Gasteiger partial charge in [-0.3, -0.25) is 14.7 Å². The lowest BCUT2D eigenvalue weighted by atomic mass is 10.1. The summed E-state index contributed by atoms with van der Waals surface area (Å²) in [5, 5.41) is 4.49. The first kappa shape index (κ1) is 26.0. The van der Waals surface area contributed by atoms with E-state index in [9.17, 15) is 4.79 Å². The van der Waals surface area contributed by atoms with E-state index in [1.807, 2.05) is 42.5 Å². The standard InChI is InChI=1S/C30H29ClN6O3/c1-36-14-4-6-22(36)8-12-27(38)37-15-16-39-29-25(37)10-9-24-28(29)30(34-19-33-24)35-20-7-11-26(23(31)17-20)40-18-21-5-2-3-13-32-21/h2-3,5,7-13,17,19,22H,4,6,14-16,18H2,1H3,(H,33,34,35)/b12-8+/t22-/m0/s1. The summed E-state index contributed by atoms with van der Waals surface area (Å²) in [6.45, 7) is 2.21. The molecule has 6 rings (SSSR count). The summed E-state index contributed by atoms with van der Waals surface area (Å²) in [5.74, 6) is 1.62. The summed E-state index contributed by atoms with van der Waals surface area (Å²) < 4.78 is 12.0. The number of likely N-dealkylation sites (tertiary alicyclic amines) is 1. The van der Waals surface area contributed by atoms with Gasteiger partial charge < -0.3 is 19.7 Å². The predicted molar refractivity (Wildman–Crippen MR) is 155 cm³/mol. The lowest BCUT2D eigenvalue weighted by molar-refractivity contribution is -0.114. The first-order chi connectivity index (χ1) is 19.6. The average molecular weight is 557 g/mol. The summed E-state index contributed by atoms with van der Waals surface area (Å²) in [7, 11) is 2.09. The predicted octanol–water partition coefficient (Wildman–Crippen LogP) is 5.38. The van der Waals surface area contributed by atoms with E-state index in [1.54, 1.807) is 29.3 Å². The highest BCUT2D eigenvalue weighted by Gasteiger charge is 2.27. The maximum Gasteiger partial charge on any atom is 0.250 e. The van der Waals surface area contributed by atoms with Gasteiger partial charge in [-0.15, -0.1) is 0 Å². The van der Waals surface area contributed by atoms with Gasteiger partial charge in [0, 0.05) is 24.0 Å². The van der Waals surface area contributed by atoms with Crippen LogP contribution in [0.2, 0.25) is 5.02 Å². The van der Waals surface area contributed by atoms with Crippen LogP contribution in [0.3, 0.4) is 0 Å². The highest BCUT2D eigenvalue weighted by Crippen LogP contribution is 2.42. The number of benzene rings is 2. The van der Waals surface area contributed by atoms with Gasteiger partial charge in [-0.05, 0) is 68.9 Å². The molecule has 204 valence electrons. The van der Waals surface area contributed by atoms with Gasteiger partial charge in [0.1, 0.15) is 31.1 Å². The lowest BCUT2D eigenvalue weighted by Crippen LogP contribution is -2.37. The van der Waals surface area contributed by atoms with Gasteiger partial charge in [-0.25, -0.2) is 9.97 Å². The summed E-state index contributed by atoms with van der Waals surface area (Å²) in [5.41, 5.74) is 2.93. The second-order valence-electron chi connectivity index (χ2n) is 9.80. The van der Waals surface area contributed by atoms with Crippen molar-refractivity contribution in [1.82, 2.24) is 19.9 Å². The van der Waals surface area contributed by atoms with Crippen LogP contribution >= 0.6 is 11.6 Å². The number of nitrogens with zero attached hydrogens (tertiary/aromatic N) is 5. The van der Waals surface area contributed by atoms with E-state index >= 15 is 0 Å². The number of fused-ring (bicyclic) bond motifs is 3. The van der Waals surface area contributed by atoms with Crippen molar-refractivity contribution in [2.24, 2.45) is 0 Å². The molecule has 0 aliphatic carbocycles. The minimum Gasteiger partial charge on any atom is -0.489 e. The molecule has 1 atom stereocenters. The molecule has 1 fully saturated rings. The maximum atomic E-state index is 13.2. The number of rotatable bonds is 7. The van der Waals surface area contributed by atoms with E-state index < -0.39 is 0 Å². The van der Waals surface area contributed by atoms with Crippen LogP contribution in [0.5, 0.6) is 11.5 Å². The Morgan fingerprint density at radius 1 is 1.18 bits per heavy atom. The number of anilines is 3. The van der Waals surface area contributed by atoms with Crippen molar-refractivity contribution in [3.05, 3.63) is 83.9 Å². The molecule has 0 radical (unpaired) electrons. The van der Waals surface area contributed by atoms with E-state index in [0.29, 0.717) is 64.7 Å². The molecule has 0 bridgehead atoms. The molecule has 4 heterocycles. The quantitative estimate of drug-likeness (QED) is 0.303. The fraction of sp³-hybridized carbons (Fsp3) is 0.267. The molecule has 2 aromatic carbocycles. The topological polar surface area (TPSA) is 92.7 Å². The molecule has 9 nitrogen and oxygen atoms in total. The number of carbonyl (C=O) groups excluding carboxylic acids is 1. The van der Waals surface area contributed by atoms with Crippen LogP contribution in [-0.4, -0.2) is 58.5 Å². The van der Waals surface area contributed by atoms with Crippen molar-refractivity contribution in [1.29, 1.82) is 0 Å². The van der Waals surface area contributed by atoms with Gasteiger partial charge in [0.05, 0.1) is 33.9 Å². The SMILES string of the molecule is CN1CCC[C@H]1/C=C/C(=O)N1CCOc2c1ccc1ncnc(Nc3ccc(OCc4ccccn4)c(Cl)c3)c21. The van der Waals surface area contributed by atoms with Crippen molar-refractivity contribution >= 4 is 45.6 Å². The zero-order valence-electron chi connectivity index (χ0n) is 22.1. The summed E-state index contributed by atoms with van der Waals surface area (Å²) >= 11 is 6.54. The van der Waals surface area contributed by atoms with Crippen LogP contribution in [0, 0.1) is 0 Å². The Hall–Kier alpha value is -4.21. The number of amides is 1. The zero-order valence-corrected chi connectivity index (χ0v) is 22.8. The number of likely N-dealkylation sites (N-methyl/N-ethyl adjacent to an activating group) is 1. The number of nitrogens with one attached hydrogen (secondary N) is 1. The Bertz CT molecular complexity index is 1560. The number of hydrogen-bond acceptors (Lipinski definition) is 8. The molecule has 2 aromatic heterocycles. The molecule has 1 saturated heterocycles. The van der Waals surface area contributed by atoms with Gasteiger partial charge in [-0.2, -0.15) is 0 Å². The van der Waals surface area contributed by atoms with Crippen molar-refractivity contribution in [3.63, 3.8) is 0 Å². The Kier molecular flexibility index (Phi) is 7.48. The summed E-state index contributed by atoms with van der Waals surface area (Å²) in [6.07, 6.45) is 9.13. The first-order valence-electron chi connectivity index (χ1n) is 13.3. The molecule has 2 aliphatic heterocycles. The number of halogens is 1. The number of hydrogen-bond donors (Lipinski definition) is 1. The van der Waals surface area contributed by atoms with Crippen LogP contribution < -0.4 is 19.7 Å². The summed E-state index contributed by atoms with van der Waals surface area (Å²) in [6, 6.07) is 15.2. The van der Waals surface area contributed by atoms with Crippen molar-refractivity contribution < 1.29 is 14.3 Å². The molecule has 0 saturated carbocycles. The average Bonchev–Trinajstić information content (AvgIpc) is 3.40. The number of aromatic nitrogens is 3. The molecule has 4 aromatic rings. The van der Waals surface area contributed by atoms with Crippen LogP contribution in [0.1, 0.15) is 18.5 Å². The molecule has 0 unspecified atom stereocenters. The second kappa shape index (κ2) is 11.5. The maximum absolute atomic E-state index is 13.2. The van der Waals surface area contributed by atoms with E-state index in [2.05, 4.69) is 32.2 Å². The molecule has 10 heteroatoms. The van der Waals surface area contributed by atoms with Crippen LogP contribution in [-0.2, 0) is 11.4 Å². The Morgan fingerprint density at radius 3 is 2.90 bits per heavy atom. The first-order valence-corrected chi connectivity index (χ1v) is 13.6. The molecular formula is C30H29ClN6O3. The lowest BCUT2D eigenvalue weighted by Gasteiger charge is -2.30. The van der Waals surface area contributed by atoms with Crippen LogP contribution in [0.4, 0.5) is 17.2 Å². The van der Waals surface area contributed by atoms with Gasteiger partial charge in [0.2, 0.25) is 0 Å². The third-order valence-electron chi connectivity index (χ3n) is 7.19. The minimum atomic E-state index is -0.0661. The van der Waals surface area contributed by atoms with Crippen molar-refractivity contribution in [2.75, 3.05) is 37.0 Å². The Balaban J connectivity index is 1.25. The number of pyridine rings is 1. The third kappa shape index (κ3) is 5.43. The van der Waals surface area contributed by atoms with Crippen LogP contribution in [0.25, 0.3) is 10.9 Å². The van der Waals surface area contributed by atoms with Crippen molar-refractivity contribution in [3.8, 4) is 11.5 Å².